The van der Waals surface area contributed by atoms with E-state index in [0.29, 0.717) is 11.5 Å². The fourth-order valence-corrected chi connectivity index (χ4v) is 7.40. The highest BCUT2D eigenvalue weighted by Gasteiger charge is 2.21. The summed E-state index contributed by atoms with van der Waals surface area (Å²) in [6.07, 6.45) is 0. The quantitative estimate of drug-likeness (QED) is 0.172. The molecule has 5 heteroatoms. The third kappa shape index (κ3) is 4.78. The highest BCUT2D eigenvalue weighted by molar-refractivity contribution is 6.12. The van der Waals surface area contributed by atoms with E-state index in [-0.39, 0.29) is 0 Å². The first-order valence-electron chi connectivity index (χ1n) is 17.2. The predicted molar refractivity (Wildman–Crippen MR) is 212 cm³/mol. The molecule has 0 bridgehead atoms. The van der Waals surface area contributed by atoms with Crippen molar-refractivity contribution in [2.75, 3.05) is 0 Å². The van der Waals surface area contributed by atoms with Crippen LogP contribution in [0.25, 0.3) is 99.3 Å². The minimum Gasteiger partial charge on any atom is -0.456 e. The lowest BCUT2D eigenvalue weighted by Gasteiger charge is -2.13. The molecule has 0 spiro atoms. The van der Waals surface area contributed by atoms with E-state index in [1.807, 2.05) is 24.3 Å². The Balaban J connectivity index is 1.13. The van der Waals surface area contributed by atoms with Gasteiger partial charge >= 0.3 is 0 Å². The molecule has 0 amide bonds. The van der Waals surface area contributed by atoms with Gasteiger partial charge < -0.3 is 8.98 Å². The first-order valence-corrected chi connectivity index (χ1v) is 17.2. The number of hydrogen-bond donors (Lipinski definition) is 0. The zero-order valence-corrected chi connectivity index (χ0v) is 27.9. The molecular weight excluding hydrogens is 637 g/mol. The van der Waals surface area contributed by atoms with E-state index in [9.17, 15) is 0 Å². The van der Waals surface area contributed by atoms with Crippen LogP contribution in [0, 0.1) is 6.57 Å². The van der Waals surface area contributed by atoms with Crippen molar-refractivity contribution in [1.82, 2.24) is 14.5 Å². The molecule has 0 unspecified atom stereocenters. The average molecular weight is 665 g/mol. The largest absolute Gasteiger partial charge is 0.456 e. The molecule has 3 aromatic heterocycles. The normalized spacial score (nSPS) is 11.4. The summed E-state index contributed by atoms with van der Waals surface area (Å²) in [5, 5.41) is 3.03. The van der Waals surface area contributed by atoms with Gasteiger partial charge in [-0.1, -0.05) is 127 Å². The van der Waals surface area contributed by atoms with Crippen LogP contribution >= 0.6 is 0 Å². The third-order valence-corrected chi connectivity index (χ3v) is 9.81. The Kier molecular flexibility index (Phi) is 6.80. The molecule has 7 aromatic carbocycles. The van der Waals surface area contributed by atoms with Crippen molar-refractivity contribution in [2.24, 2.45) is 0 Å². The van der Waals surface area contributed by atoms with Crippen LogP contribution in [-0.4, -0.2) is 14.5 Å². The minimum absolute atomic E-state index is 0.600. The van der Waals surface area contributed by atoms with Crippen LogP contribution in [-0.2, 0) is 0 Å². The second-order valence-electron chi connectivity index (χ2n) is 12.9. The number of benzene rings is 7. The molecule has 0 atom stereocenters. The summed E-state index contributed by atoms with van der Waals surface area (Å²) < 4.78 is 8.66. The number of nitrogens with zero attached hydrogens (tertiary/aromatic N) is 4. The summed E-state index contributed by atoms with van der Waals surface area (Å²) in [7, 11) is 0. The van der Waals surface area contributed by atoms with E-state index in [1.165, 1.54) is 0 Å². The van der Waals surface area contributed by atoms with Gasteiger partial charge in [0.1, 0.15) is 16.7 Å². The Morgan fingerprint density at radius 1 is 0.519 bits per heavy atom. The molecule has 10 aromatic rings. The standard InChI is InChI=1S/C47H28N4O/c1-48-35-25-26-42-40(29-35)38-23-12-22-37(46(38)52-42)33-17-10-15-31(27-33)32-16-11-18-34(28-32)47-49-43(30-13-4-2-5-14-30)45-44(50-47)39-21-8-9-24-41(39)51(45)36-19-6-3-7-20-36/h2-29H. The number of fused-ring (bicyclic) bond motifs is 6. The van der Waals surface area contributed by atoms with Crippen LogP contribution in [0.3, 0.4) is 0 Å². The Bertz CT molecular complexity index is 3020. The maximum atomic E-state index is 7.47. The first-order chi connectivity index (χ1) is 25.7. The zero-order valence-electron chi connectivity index (χ0n) is 27.9. The van der Waals surface area contributed by atoms with Crippen LogP contribution in [0.1, 0.15) is 0 Å². The molecule has 0 aliphatic rings. The maximum Gasteiger partial charge on any atom is 0.188 e. The Morgan fingerprint density at radius 3 is 1.98 bits per heavy atom. The highest BCUT2D eigenvalue weighted by atomic mass is 16.3. The smallest absolute Gasteiger partial charge is 0.188 e. The highest BCUT2D eigenvalue weighted by Crippen LogP contribution is 2.40. The van der Waals surface area contributed by atoms with Crippen molar-refractivity contribution in [1.29, 1.82) is 0 Å². The Labute approximate surface area is 299 Å². The van der Waals surface area contributed by atoms with E-state index in [4.69, 9.17) is 21.0 Å². The van der Waals surface area contributed by atoms with Crippen LogP contribution in [0.2, 0.25) is 0 Å². The van der Waals surface area contributed by atoms with Gasteiger partial charge in [0.2, 0.25) is 0 Å². The van der Waals surface area contributed by atoms with Gasteiger partial charge in [-0.15, -0.1) is 0 Å². The van der Waals surface area contributed by atoms with Gasteiger partial charge in [0.25, 0.3) is 0 Å². The molecule has 0 aliphatic heterocycles. The zero-order chi connectivity index (χ0) is 34.6. The fraction of sp³-hybridized carbons (Fsp3) is 0. The van der Waals surface area contributed by atoms with Crippen LogP contribution in [0.5, 0.6) is 0 Å². The summed E-state index contributed by atoms with van der Waals surface area (Å²) in [5.41, 5.74) is 13.3. The van der Waals surface area contributed by atoms with Gasteiger partial charge in [0.05, 0.1) is 23.3 Å². The maximum absolute atomic E-state index is 7.47. The number of aromatic nitrogens is 3. The lowest BCUT2D eigenvalue weighted by atomic mass is 9.96. The summed E-state index contributed by atoms with van der Waals surface area (Å²) in [6.45, 7) is 7.47. The average Bonchev–Trinajstić information content (AvgIpc) is 3.77. The number of furan rings is 1. The van der Waals surface area contributed by atoms with Crippen LogP contribution in [0.15, 0.2) is 174 Å². The van der Waals surface area contributed by atoms with E-state index in [0.717, 1.165) is 88.6 Å². The number of para-hydroxylation sites is 3. The SMILES string of the molecule is [C-]#[N+]c1ccc2oc3c(-c4cccc(-c5cccc(-c6nc(-c7ccccc7)c7c(n6)c6ccccc6n7-c6ccccc6)c5)c4)cccc3c2c1. The molecule has 0 radical (unpaired) electrons. The van der Waals surface area contributed by atoms with Gasteiger partial charge in [-0.05, 0) is 59.2 Å². The molecule has 0 saturated carbocycles. The summed E-state index contributed by atoms with van der Waals surface area (Å²) >= 11 is 0. The topological polar surface area (TPSA) is 48.2 Å². The van der Waals surface area contributed by atoms with Crippen molar-refractivity contribution < 1.29 is 4.42 Å². The molecule has 3 heterocycles. The van der Waals surface area contributed by atoms with Gasteiger partial charge in [-0.25, -0.2) is 14.8 Å². The first kappa shape index (κ1) is 29.6. The van der Waals surface area contributed by atoms with Crippen molar-refractivity contribution in [3.63, 3.8) is 0 Å². The van der Waals surface area contributed by atoms with Crippen molar-refractivity contribution in [3.8, 4) is 50.6 Å². The Morgan fingerprint density at radius 2 is 1.17 bits per heavy atom. The number of rotatable bonds is 5. The molecule has 10 rings (SSSR count). The molecule has 52 heavy (non-hydrogen) atoms. The Hall–Kier alpha value is -7.29. The molecule has 5 nitrogen and oxygen atoms in total. The van der Waals surface area contributed by atoms with Crippen LogP contribution < -0.4 is 0 Å². The summed E-state index contributed by atoms with van der Waals surface area (Å²) in [5.74, 6) is 0.672. The number of hydrogen-bond acceptors (Lipinski definition) is 3. The summed E-state index contributed by atoms with van der Waals surface area (Å²) in [6, 6.07) is 58.1. The van der Waals surface area contributed by atoms with Crippen molar-refractivity contribution in [2.45, 2.75) is 0 Å². The fourth-order valence-electron chi connectivity index (χ4n) is 7.40. The predicted octanol–water partition coefficient (Wildman–Crippen LogP) is 12.7. The third-order valence-electron chi connectivity index (χ3n) is 9.81. The lowest BCUT2D eigenvalue weighted by Crippen LogP contribution is -1.99. The van der Waals surface area contributed by atoms with Crippen molar-refractivity contribution >= 4 is 49.6 Å². The van der Waals surface area contributed by atoms with E-state index < -0.39 is 0 Å². The van der Waals surface area contributed by atoms with E-state index in [1.54, 1.807) is 6.07 Å². The van der Waals surface area contributed by atoms with E-state index >= 15 is 0 Å². The van der Waals surface area contributed by atoms with Gasteiger partial charge in [0, 0.05) is 38.5 Å². The molecule has 0 aliphatic carbocycles. The van der Waals surface area contributed by atoms with Gasteiger partial charge in [-0.3, -0.25) is 0 Å². The van der Waals surface area contributed by atoms with Gasteiger partial charge in [0.15, 0.2) is 11.5 Å². The van der Waals surface area contributed by atoms with E-state index in [2.05, 4.69) is 149 Å². The summed E-state index contributed by atoms with van der Waals surface area (Å²) in [4.78, 5) is 14.3. The lowest BCUT2D eigenvalue weighted by molar-refractivity contribution is 0.670. The molecule has 0 saturated heterocycles. The van der Waals surface area contributed by atoms with Gasteiger partial charge in [-0.2, -0.15) is 0 Å². The molecule has 0 fully saturated rings. The minimum atomic E-state index is 0.600. The van der Waals surface area contributed by atoms with Crippen molar-refractivity contribution in [3.05, 3.63) is 181 Å². The second-order valence-corrected chi connectivity index (χ2v) is 12.9. The molecule has 242 valence electrons. The van der Waals surface area contributed by atoms with Crippen LogP contribution in [0.4, 0.5) is 5.69 Å². The second kappa shape index (κ2) is 11.9. The monoisotopic (exact) mass is 664 g/mol. The molecule has 0 N–H and O–H groups in total. The molecular formula is C47H28N4O.